The van der Waals surface area contributed by atoms with Gasteiger partial charge in [0.25, 0.3) is 0 Å². The zero-order valence-electron chi connectivity index (χ0n) is 15.9. The molecule has 0 saturated heterocycles. The molecule has 2 N–H and O–H groups in total. The number of benzene rings is 2. The highest BCUT2D eigenvalue weighted by atomic mass is 35.5. The highest BCUT2D eigenvalue weighted by Crippen LogP contribution is 2.32. The molecule has 2 rings (SSSR count). The van der Waals surface area contributed by atoms with E-state index in [2.05, 4.69) is 5.32 Å². The molecule has 2 aromatic rings. The number of aliphatic carboxylic acids is 1. The number of hydrogen-bond donors (Lipinski definition) is 2. The van der Waals surface area contributed by atoms with Crippen LogP contribution in [0, 0.1) is 5.92 Å². The molecule has 0 bridgehead atoms. The first kappa shape index (κ1) is 21.1. The monoisotopic (exact) mass is 391 g/mol. The van der Waals surface area contributed by atoms with Gasteiger partial charge >= 0.3 is 5.97 Å². The lowest BCUT2D eigenvalue weighted by molar-refractivity contribution is -0.140. The van der Waals surface area contributed by atoms with Gasteiger partial charge in [0, 0.05) is 22.7 Å². The molecule has 0 aliphatic rings. The van der Waals surface area contributed by atoms with Gasteiger partial charge in [-0.2, -0.15) is 0 Å². The van der Waals surface area contributed by atoms with Gasteiger partial charge < -0.3 is 19.9 Å². The van der Waals surface area contributed by atoms with Gasteiger partial charge in [-0.1, -0.05) is 55.8 Å². The Labute approximate surface area is 165 Å². The van der Waals surface area contributed by atoms with Crippen molar-refractivity contribution in [2.75, 3.05) is 7.11 Å². The van der Waals surface area contributed by atoms with Crippen molar-refractivity contribution in [1.29, 1.82) is 0 Å². The topological polar surface area (TPSA) is 67.8 Å². The Kier molecular flexibility index (Phi) is 7.95. The summed E-state index contributed by atoms with van der Waals surface area (Å²) in [6.45, 7) is 4.66. The minimum absolute atomic E-state index is 0.278. The number of carboxylic acids is 1. The second-order valence-electron chi connectivity index (χ2n) is 6.73. The lowest BCUT2D eigenvalue weighted by Crippen LogP contribution is -2.37. The Hall–Kier alpha value is -2.24. The fourth-order valence-corrected chi connectivity index (χ4v) is 2.96. The fraction of sp³-hybridized carbons (Fsp3) is 0.381. The number of carbonyl (C=O) groups is 1. The molecule has 0 saturated carbocycles. The maximum absolute atomic E-state index is 11.5. The summed E-state index contributed by atoms with van der Waals surface area (Å²) in [6.07, 6.45) is 0.551. The third-order valence-corrected chi connectivity index (χ3v) is 4.52. The summed E-state index contributed by atoms with van der Waals surface area (Å²) in [7, 11) is 1.58. The predicted octanol–water partition coefficient (Wildman–Crippen LogP) is 4.52. The first-order chi connectivity index (χ1) is 12.9. The summed E-state index contributed by atoms with van der Waals surface area (Å²) in [5.74, 6) is 0.600. The van der Waals surface area contributed by atoms with Crippen LogP contribution in [0.2, 0.25) is 5.02 Å². The standard InChI is InChI=1S/C21H26ClNO4/c1-14(2)11-18(21(24)25)23-12-15-8-6-10-19(26-3)20(15)27-13-16-7-4-5-9-17(16)22/h4-10,14,18,23H,11-13H2,1-3H3,(H,24,25). The average Bonchev–Trinajstić information content (AvgIpc) is 2.64. The van der Waals surface area contributed by atoms with Gasteiger partial charge in [0.15, 0.2) is 11.5 Å². The molecule has 6 heteroatoms. The van der Waals surface area contributed by atoms with Crippen molar-refractivity contribution in [3.63, 3.8) is 0 Å². The van der Waals surface area contributed by atoms with Crippen LogP contribution in [0.25, 0.3) is 0 Å². The number of halogens is 1. The highest BCUT2D eigenvalue weighted by Gasteiger charge is 2.20. The number of ether oxygens (including phenoxy) is 2. The summed E-state index contributed by atoms with van der Waals surface area (Å²) in [5.41, 5.74) is 1.70. The smallest absolute Gasteiger partial charge is 0.320 e. The van der Waals surface area contributed by atoms with Crippen molar-refractivity contribution in [2.24, 2.45) is 5.92 Å². The van der Waals surface area contributed by atoms with E-state index in [9.17, 15) is 9.90 Å². The van der Waals surface area contributed by atoms with Crippen molar-refractivity contribution in [3.8, 4) is 11.5 Å². The summed E-state index contributed by atoms with van der Waals surface area (Å²) in [4.78, 5) is 11.5. The van der Waals surface area contributed by atoms with E-state index >= 15 is 0 Å². The Bertz CT molecular complexity index is 764. The fourth-order valence-electron chi connectivity index (χ4n) is 2.77. The van der Waals surface area contributed by atoms with Crippen molar-refractivity contribution in [3.05, 3.63) is 58.6 Å². The van der Waals surface area contributed by atoms with E-state index in [0.717, 1.165) is 11.1 Å². The maximum Gasteiger partial charge on any atom is 0.320 e. The van der Waals surface area contributed by atoms with Crippen LogP contribution in [-0.2, 0) is 17.9 Å². The zero-order valence-corrected chi connectivity index (χ0v) is 16.6. The van der Waals surface area contributed by atoms with Crippen LogP contribution in [0.4, 0.5) is 0 Å². The number of methoxy groups -OCH3 is 1. The lowest BCUT2D eigenvalue weighted by atomic mass is 10.0. The number of nitrogens with one attached hydrogen (secondary N) is 1. The lowest BCUT2D eigenvalue weighted by Gasteiger charge is -2.19. The molecule has 0 amide bonds. The molecular formula is C21H26ClNO4. The Morgan fingerprint density at radius 3 is 2.48 bits per heavy atom. The highest BCUT2D eigenvalue weighted by molar-refractivity contribution is 6.31. The second kappa shape index (κ2) is 10.2. The third kappa shape index (κ3) is 6.15. The molecule has 27 heavy (non-hydrogen) atoms. The molecule has 0 radical (unpaired) electrons. The SMILES string of the molecule is COc1cccc(CNC(CC(C)C)C(=O)O)c1OCc1ccccc1Cl. The van der Waals surface area contributed by atoms with Gasteiger partial charge in [0.1, 0.15) is 12.6 Å². The first-order valence-electron chi connectivity index (χ1n) is 8.90. The quantitative estimate of drug-likeness (QED) is 0.623. The molecule has 146 valence electrons. The van der Waals surface area contributed by atoms with E-state index < -0.39 is 12.0 Å². The molecule has 0 aromatic heterocycles. The van der Waals surface area contributed by atoms with Crippen molar-refractivity contribution >= 4 is 17.6 Å². The largest absolute Gasteiger partial charge is 0.493 e. The minimum Gasteiger partial charge on any atom is -0.493 e. The van der Waals surface area contributed by atoms with E-state index in [0.29, 0.717) is 36.1 Å². The van der Waals surface area contributed by atoms with Gasteiger partial charge in [-0.3, -0.25) is 4.79 Å². The van der Waals surface area contributed by atoms with E-state index in [1.165, 1.54) is 0 Å². The Balaban J connectivity index is 2.16. The van der Waals surface area contributed by atoms with Crippen LogP contribution in [-0.4, -0.2) is 24.2 Å². The van der Waals surface area contributed by atoms with Crippen LogP contribution >= 0.6 is 11.6 Å². The van der Waals surface area contributed by atoms with Crippen LogP contribution in [0.1, 0.15) is 31.4 Å². The zero-order chi connectivity index (χ0) is 19.8. The van der Waals surface area contributed by atoms with Gasteiger partial charge in [0.05, 0.1) is 7.11 Å². The Morgan fingerprint density at radius 1 is 1.15 bits per heavy atom. The molecular weight excluding hydrogens is 366 g/mol. The molecule has 2 aromatic carbocycles. The van der Waals surface area contributed by atoms with Gasteiger partial charge in [0.2, 0.25) is 0 Å². The molecule has 0 aliphatic carbocycles. The normalized spacial score (nSPS) is 12.0. The maximum atomic E-state index is 11.5. The Morgan fingerprint density at radius 2 is 1.85 bits per heavy atom. The van der Waals surface area contributed by atoms with E-state index in [-0.39, 0.29) is 5.92 Å². The molecule has 0 heterocycles. The summed E-state index contributed by atoms with van der Waals surface area (Å²) in [5, 5.41) is 13.2. The van der Waals surface area contributed by atoms with Gasteiger partial charge in [-0.25, -0.2) is 0 Å². The van der Waals surface area contributed by atoms with Crippen molar-refractivity contribution < 1.29 is 19.4 Å². The summed E-state index contributed by atoms with van der Waals surface area (Å²) in [6, 6.07) is 12.4. The third-order valence-electron chi connectivity index (χ3n) is 4.15. The summed E-state index contributed by atoms with van der Waals surface area (Å²) < 4.78 is 11.4. The molecule has 0 fully saturated rings. The average molecular weight is 392 g/mol. The van der Waals surface area contributed by atoms with Crippen molar-refractivity contribution in [1.82, 2.24) is 5.32 Å². The number of rotatable bonds is 10. The second-order valence-corrected chi connectivity index (χ2v) is 7.14. The van der Waals surface area contributed by atoms with Crippen LogP contribution in [0.15, 0.2) is 42.5 Å². The molecule has 0 aliphatic heterocycles. The number of carboxylic acid groups (broad SMARTS) is 1. The van der Waals surface area contributed by atoms with Gasteiger partial charge in [-0.15, -0.1) is 0 Å². The van der Waals surface area contributed by atoms with Crippen molar-refractivity contribution in [2.45, 2.75) is 39.5 Å². The minimum atomic E-state index is -0.856. The molecule has 5 nitrogen and oxygen atoms in total. The van der Waals surface area contributed by atoms with E-state index in [4.69, 9.17) is 21.1 Å². The van der Waals surface area contributed by atoms with Crippen LogP contribution < -0.4 is 14.8 Å². The molecule has 0 spiro atoms. The molecule has 1 unspecified atom stereocenters. The number of hydrogen-bond acceptors (Lipinski definition) is 4. The first-order valence-corrected chi connectivity index (χ1v) is 9.28. The van der Waals surface area contributed by atoms with E-state index in [1.54, 1.807) is 7.11 Å². The predicted molar refractivity (Wildman–Crippen MR) is 106 cm³/mol. The summed E-state index contributed by atoms with van der Waals surface area (Å²) >= 11 is 6.20. The number of para-hydroxylation sites is 1. The van der Waals surface area contributed by atoms with Crippen LogP contribution in [0.3, 0.4) is 0 Å². The van der Waals surface area contributed by atoms with Gasteiger partial charge in [-0.05, 0) is 24.5 Å². The van der Waals surface area contributed by atoms with Crippen LogP contribution in [0.5, 0.6) is 11.5 Å². The van der Waals surface area contributed by atoms with E-state index in [1.807, 2.05) is 56.3 Å². The molecule has 1 atom stereocenters.